The van der Waals surface area contributed by atoms with Crippen LogP contribution in [0, 0.1) is 11.8 Å². The quantitative estimate of drug-likeness (QED) is 0.538. The molecule has 1 fully saturated rings. The van der Waals surface area contributed by atoms with Crippen LogP contribution in [-0.4, -0.2) is 6.04 Å². The molecule has 2 nitrogen and oxygen atoms in total. The molecule has 114 valence electrons. The third-order valence-corrected chi connectivity index (χ3v) is 6.40. The van der Waals surface area contributed by atoms with E-state index in [1.807, 2.05) is 11.3 Å². The van der Waals surface area contributed by atoms with Gasteiger partial charge in [-0.1, -0.05) is 39.0 Å². The van der Waals surface area contributed by atoms with Crippen molar-refractivity contribution in [2.24, 2.45) is 17.7 Å². The van der Waals surface area contributed by atoms with E-state index in [9.17, 15) is 0 Å². The van der Waals surface area contributed by atoms with Crippen molar-refractivity contribution in [2.75, 3.05) is 0 Å². The molecule has 1 aliphatic carbocycles. The summed E-state index contributed by atoms with van der Waals surface area (Å²) in [6.07, 6.45) is 10.7. The van der Waals surface area contributed by atoms with Crippen LogP contribution in [0.3, 0.4) is 0 Å². The first kappa shape index (κ1) is 16.5. The Kier molecular flexibility index (Phi) is 7.02. The molecular formula is C16H27BrN2S. The van der Waals surface area contributed by atoms with Gasteiger partial charge in [-0.3, -0.25) is 11.3 Å². The van der Waals surface area contributed by atoms with Crippen molar-refractivity contribution in [3.63, 3.8) is 0 Å². The first-order valence-corrected chi connectivity index (χ1v) is 9.59. The molecule has 0 amide bonds. The monoisotopic (exact) mass is 358 g/mol. The highest BCUT2D eigenvalue weighted by atomic mass is 79.9. The lowest BCUT2D eigenvalue weighted by molar-refractivity contribution is 0.212. The number of halogens is 1. The lowest BCUT2D eigenvalue weighted by atomic mass is 9.76. The molecule has 1 atom stereocenters. The van der Waals surface area contributed by atoms with Crippen LogP contribution in [0.25, 0.3) is 0 Å². The van der Waals surface area contributed by atoms with Gasteiger partial charge in [0.15, 0.2) is 0 Å². The maximum atomic E-state index is 5.82. The lowest BCUT2D eigenvalue weighted by Crippen LogP contribution is -2.43. The highest BCUT2D eigenvalue weighted by Gasteiger charge is 2.27. The molecule has 4 heteroatoms. The topological polar surface area (TPSA) is 38.0 Å². The van der Waals surface area contributed by atoms with Crippen LogP contribution in [0.5, 0.6) is 0 Å². The Balaban J connectivity index is 1.81. The Morgan fingerprint density at radius 2 is 2.15 bits per heavy atom. The molecule has 0 aliphatic heterocycles. The summed E-state index contributed by atoms with van der Waals surface area (Å²) in [6, 6.07) is 2.66. The molecule has 1 aromatic rings. The number of hydrogen-bond donors (Lipinski definition) is 2. The fraction of sp³-hybridized carbons (Fsp3) is 0.750. The number of unbranched alkanes of at least 4 members (excludes halogenated alkanes) is 1. The Bertz CT molecular complexity index is 386. The summed E-state index contributed by atoms with van der Waals surface area (Å²) in [7, 11) is 0. The van der Waals surface area contributed by atoms with Crippen LogP contribution in [-0.2, 0) is 6.42 Å². The van der Waals surface area contributed by atoms with Gasteiger partial charge < -0.3 is 0 Å². The second-order valence-corrected chi connectivity index (χ2v) is 8.04. The second-order valence-electron chi connectivity index (χ2n) is 6.13. The van der Waals surface area contributed by atoms with Crippen molar-refractivity contribution in [3.05, 3.63) is 20.8 Å². The summed E-state index contributed by atoms with van der Waals surface area (Å²) in [5.74, 6) is 7.54. The Morgan fingerprint density at radius 1 is 1.40 bits per heavy atom. The molecule has 1 saturated carbocycles. The van der Waals surface area contributed by atoms with E-state index in [4.69, 9.17) is 5.84 Å². The molecule has 0 spiro atoms. The van der Waals surface area contributed by atoms with Crippen LogP contribution >= 0.6 is 27.3 Å². The fourth-order valence-corrected chi connectivity index (χ4v) is 4.92. The summed E-state index contributed by atoms with van der Waals surface area (Å²) < 4.78 is 1.19. The smallest absolute Gasteiger partial charge is 0.0287 e. The molecule has 1 unspecified atom stereocenters. The minimum Gasteiger partial charge on any atom is -0.271 e. The minimum absolute atomic E-state index is 0.438. The highest BCUT2D eigenvalue weighted by Crippen LogP contribution is 2.34. The summed E-state index contributed by atoms with van der Waals surface area (Å²) >= 11 is 5.36. The van der Waals surface area contributed by atoms with Gasteiger partial charge >= 0.3 is 0 Å². The van der Waals surface area contributed by atoms with E-state index in [0.29, 0.717) is 6.04 Å². The Labute approximate surface area is 135 Å². The van der Waals surface area contributed by atoms with Crippen LogP contribution in [0.4, 0.5) is 0 Å². The van der Waals surface area contributed by atoms with Gasteiger partial charge in [0.2, 0.25) is 0 Å². The van der Waals surface area contributed by atoms with Crippen LogP contribution in [0.1, 0.15) is 56.7 Å². The average Bonchev–Trinajstić information content (AvgIpc) is 2.88. The van der Waals surface area contributed by atoms with Gasteiger partial charge in [0, 0.05) is 20.8 Å². The fourth-order valence-electron chi connectivity index (χ4n) is 3.41. The molecule has 0 bridgehead atoms. The van der Waals surface area contributed by atoms with Crippen molar-refractivity contribution in [3.8, 4) is 0 Å². The van der Waals surface area contributed by atoms with Crippen LogP contribution in [0.2, 0.25) is 0 Å². The number of hydrazine groups is 1. The van der Waals surface area contributed by atoms with Crippen LogP contribution in [0.15, 0.2) is 15.9 Å². The normalized spacial score (nSPS) is 24.8. The van der Waals surface area contributed by atoms with Crippen LogP contribution < -0.4 is 11.3 Å². The SMILES string of the molecule is CCCCC1CCC(C(Cc2cc(Br)cs2)NN)CC1. The molecule has 20 heavy (non-hydrogen) atoms. The van der Waals surface area contributed by atoms with E-state index in [1.54, 1.807) is 0 Å². The van der Waals surface area contributed by atoms with E-state index < -0.39 is 0 Å². The molecular weight excluding hydrogens is 332 g/mol. The molecule has 1 aliphatic rings. The molecule has 2 rings (SSSR count). The van der Waals surface area contributed by atoms with E-state index in [2.05, 4.69) is 39.7 Å². The van der Waals surface area contributed by atoms with Gasteiger partial charge in [-0.25, -0.2) is 0 Å². The number of thiophene rings is 1. The number of rotatable bonds is 7. The van der Waals surface area contributed by atoms with Crippen molar-refractivity contribution >= 4 is 27.3 Å². The average molecular weight is 359 g/mol. The summed E-state index contributed by atoms with van der Waals surface area (Å²) in [5.41, 5.74) is 3.08. The standard InChI is InChI=1S/C16H27BrN2S/c1-2-3-4-12-5-7-13(8-6-12)16(19-18)10-15-9-14(17)11-20-15/h9,11-13,16,19H,2-8,10,18H2,1H3. The van der Waals surface area contributed by atoms with E-state index >= 15 is 0 Å². The highest BCUT2D eigenvalue weighted by molar-refractivity contribution is 9.10. The molecule has 0 aromatic carbocycles. The zero-order valence-corrected chi connectivity index (χ0v) is 14.8. The Hall–Kier alpha value is 0.1000. The van der Waals surface area contributed by atoms with Crippen molar-refractivity contribution < 1.29 is 0 Å². The predicted octanol–water partition coefficient (Wildman–Crippen LogP) is 4.88. The van der Waals surface area contributed by atoms with Gasteiger partial charge in [0.1, 0.15) is 0 Å². The lowest BCUT2D eigenvalue weighted by Gasteiger charge is -2.33. The predicted molar refractivity (Wildman–Crippen MR) is 91.8 cm³/mol. The molecule has 0 radical (unpaired) electrons. The van der Waals surface area contributed by atoms with E-state index in [-0.39, 0.29) is 0 Å². The minimum atomic E-state index is 0.438. The first-order valence-electron chi connectivity index (χ1n) is 7.92. The zero-order valence-electron chi connectivity index (χ0n) is 12.4. The molecule has 0 saturated heterocycles. The second kappa shape index (κ2) is 8.52. The summed E-state index contributed by atoms with van der Waals surface area (Å²) in [5, 5.41) is 2.16. The molecule has 1 heterocycles. The van der Waals surface area contributed by atoms with Gasteiger partial charge in [-0.15, -0.1) is 11.3 Å². The van der Waals surface area contributed by atoms with Gasteiger partial charge in [0.05, 0.1) is 0 Å². The van der Waals surface area contributed by atoms with E-state index in [0.717, 1.165) is 18.3 Å². The van der Waals surface area contributed by atoms with Gasteiger partial charge in [0.25, 0.3) is 0 Å². The Morgan fingerprint density at radius 3 is 2.70 bits per heavy atom. The number of nitrogens with one attached hydrogen (secondary N) is 1. The first-order chi connectivity index (χ1) is 9.72. The maximum Gasteiger partial charge on any atom is 0.0287 e. The third kappa shape index (κ3) is 4.83. The molecule has 1 aromatic heterocycles. The van der Waals surface area contributed by atoms with Gasteiger partial charge in [-0.2, -0.15) is 0 Å². The largest absolute Gasteiger partial charge is 0.271 e. The third-order valence-electron chi connectivity index (χ3n) is 4.68. The van der Waals surface area contributed by atoms with Gasteiger partial charge in [-0.05, 0) is 53.1 Å². The number of hydrogen-bond acceptors (Lipinski definition) is 3. The number of nitrogens with two attached hydrogens (primary N) is 1. The van der Waals surface area contributed by atoms with Crippen molar-refractivity contribution in [1.29, 1.82) is 0 Å². The maximum absolute atomic E-state index is 5.82. The van der Waals surface area contributed by atoms with Crippen molar-refractivity contribution in [2.45, 2.75) is 64.3 Å². The summed E-state index contributed by atoms with van der Waals surface area (Å²) in [6.45, 7) is 2.29. The molecule has 3 N–H and O–H groups in total. The summed E-state index contributed by atoms with van der Waals surface area (Å²) in [4.78, 5) is 1.42. The zero-order chi connectivity index (χ0) is 14.4. The van der Waals surface area contributed by atoms with Crippen molar-refractivity contribution in [1.82, 2.24) is 5.43 Å². The van der Waals surface area contributed by atoms with E-state index in [1.165, 1.54) is 54.3 Å².